The Morgan fingerprint density at radius 2 is 0.557 bits per heavy atom. The van der Waals surface area contributed by atoms with Gasteiger partial charge in [-0.05, 0) is 70.6 Å². The molecular weight excluding hydrogens is 1460 g/mol. The number of amides is 1. The zero-order valence-corrected chi connectivity index (χ0v) is 73.3. The number of hydrogen-bond acceptors (Lipinski definition) is 18. The van der Waals surface area contributed by atoms with Gasteiger partial charge in [-0.1, -0.05) is 396 Å². The lowest BCUT2D eigenvalue weighted by Crippen LogP contribution is -2.66. The standard InChI is InChI=1S/C96H179NO18/c1-3-5-7-9-11-13-15-17-19-21-23-25-27-29-31-33-34-35-36-37-38-39-40-41-42-43-44-46-48-50-52-54-56-58-60-62-64-66-68-70-72-74-84(102)97-79(80(101)73-71-69-67-65-63-61-59-57-55-53-51-49-47-45-32-30-28-26-24-22-20-18-16-14-12-10-8-6-4-2)78-110-94-90(108)87(105)92(82(76-99)112-94)115-96-91(109)88(106)93(83(77-100)113-96)114-95-89(107)86(104)85(103)81(75-98)111-95/h21,23,55,57,63,65,71,73,79-83,85-96,98-101,103-109H,3-20,22,24-54,56,58-62,64,66-70,72,74-78H2,1-2H3,(H,97,102)/b23-21-,57-55+,65-63+,73-71+. The fraction of sp³-hybridized carbons (Fsp3) is 0.906. The van der Waals surface area contributed by atoms with Crippen LogP contribution in [0.5, 0.6) is 0 Å². The highest BCUT2D eigenvalue weighted by atomic mass is 16.8. The first-order valence-electron chi connectivity index (χ1n) is 48.4. The first kappa shape index (κ1) is 107. The van der Waals surface area contributed by atoms with E-state index in [2.05, 4.69) is 55.6 Å². The van der Waals surface area contributed by atoms with Crippen LogP contribution in [-0.2, 0) is 33.2 Å². The van der Waals surface area contributed by atoms with E-state index in [0.29, 0.717) is 12.8 Å². The third-order valence-electron chi connectivity index (χ3n) is 24.1. The molecule has 0 aromatic carbocycles. The Bertz CT molecular complexity index is 2260. The predicted octanol–water partition coefficient (Wildman–Crippen LogP) is 19.5. The molecule has 3 rings (SSSR count). The predicted molar refractivity (Wildman–Crippen MR) is 466 cm³/mol. The van der Waals surface area contributed by atoms with Crippen LogP contribution in [0.4, 0.5) is 0 Å². The molecule has 0 aliphatic carbocycles. The molecule has 17 unspecified atom stereocenters. The topological polar surface area (TPSA) is 307 Å². The Hall–Kier alpha value is -2.25. The monoisotopic (exact) mass is 1630 g/mol. The Labute approximate surface area is 701 Å². The second-order valence-electron chi connectivity index (χ2n) is 34.5. The van der Waals surface area contributed by atoms with E-state index in [1.807, 2.05) is 6.08 Å². The molecular formula is C96H179NO18. The second kappa shape index (κ2) is 75.5. The van der Waals surface area contributed by atoms with Crippen LogP contribution >= 0.6 is 0 Å². The molecule has 12 N–H and O–H groups in total. The Kier molecular flexibility index (Phi) is 70.2. The molecule has 0 aromatic heterocycles. The van der Waals surface area contributed by atoms with E-state index in [0.717, 1.165) is 44.9 Å². The van der Waals surface area contributed by atoms with Crippen molar-refractivity contribution < 1.29 is 89.4 Å². The Morgan fingerprint density at radius 1 is 0.304 bits per heavy atom. The minimum Gasteiger partial charge on any atom is -0.394 e. The van der Waals surface area contributed by atoms with Crippen LogP contribution in [0.25, 0.3) is 0 Å². The lowest BCUT2D eigenvalue weighted by atomic mass is 9.96. The summed E-state index contributed by atoms with van der Waals surface area (Å²) in [6, 6.07) is -0.998. The van der Waals surface area contributed by atoms with Gasteiger partial charge in [-0.3, -0.25) is 4.79 Å². The summed E-state index contributed by atoms with van der Waals surface area (Å²) in [6.45, 7) is 1.78. The van der Waals surface area contributed by atoms with Crippen molar-refractivity contribution >= 4 is 5.91 Å². The third kappa shape index (κ3) is 53.4. The number of unbranched alkanes of at least 4 members (excludes halogenated alkanes) is 58. The summed E-state index contributed by atoms with van der Waals surface area (Å²) in [5, 5.41) is 121. The van der Waals surface area contributed by atoms with Gasteiger partial charge >= 0.3 is 0 Å². The maximum Gasteiger partial charge on any atom is 0.220 e. The number of aliphatic hydroxyl groups is 11. The summed E-state index contributed by atoms with van der Waals surface area (Å²) >= 11 is 0. The summed E-state index contributed by atoms with van der Waals surface area (Å²) in [6.07, 6.45) is 73.0. The summed E-state index contributed by atoms with van der Waals surface area (Å²) < 4.78 is 34.5. The van der Waals surface area contributed by atoms with Gasteiger partial charge in [0.2, 0.25) is 5.91 Å². The number of nitrogens with one attached hydrogen (secondary N) is 1. The van der Waals surface area contributed by atoms with Crippen molar-refractivity contribution in [1.82, 2.24) is 5.32 Å². The number of carbonyl (C=O) groups excluding carboxylic acids is 1. The van der Waals surface area contributed by atoms with Crippen molar-refractivity contribution in [3.05, 3.63) is 48.6 Å². The van der Waals surface area contributed by atoms with Gasteiger partial charge in [0.05, 0.1) is 38.6 Å². The van der Waals surface area contributed by atoms with Gasteiger partial charge in [0.25, 0.3) is 0 Å². The van der Waals surface area contributed by atoms with Crippen molar-refractivity contribution in [3.63, 3.8) is 0 Å². The van der Waals surface area contributed by atoms with Crippen LogP contribution in [0, 0.1) is 0 Å². The second-order valence-corrected chi connectivity index (χ2v) is 34.5. The third-order valence-corrected chi connectivity index (χ3v) is 24.1. The smallest absolute Gasteiger partial charge is 0.220 e. The molecule has 3 aliphatic heterocycles. The maximum absolute atomic E-state index is 13.5. The van der Waals surface area contributed by atoms with Crippen LogP contribution in [0.2, 0.25) is 0 Å². The maximum atomic E-state index is 13.5. The summed E-state index contributed by atoms with van der Waals surface area (Å²) in [4.78, 5) is 13.5. The molecule has 3 saturated heterocycles. The number of ether oxygens (including phenoxy) is 6. The van der Waals surface area contributed by atoms with Gasteiger partial charge in [0, 0.05) is 6.42 Å². The SMILES string of the molecule is CCCCCCCCCC/C=C\CCCCCCCCCCCCCCCCCCCCCCCCCCCCCCCC(=O)NC(COC1OC(CO)C(OC2OC(CO)C(OC3OC(CO)C(O)C(O)C3O)C(O)C2O)C(O)C1O)C(O)/C=C/CC/C=C/CC/C=C/CCCCCCCCCCCCCCCCCCCCC. The Morgan fingerprint density at radius 3 is 0.870 bits per heavy atom. The van der Waals surface area contributed by atoms with Gasteiger partial charge in [-0.2, -0.15) is 0 Å². The molecule has 17 atom stereocenters. The fourth-order valence-corrected chi connectivity index (χ4v) is 16.4. The zero-order chi connectivity index (χ0) is 83.1. The van der Waals surface area contributed by atoms with E-state index < -0.39 is 124 Å². The van der Waals surface area contributed by atoms with Crippen LogP contribution in [0.1, 0.15) is 425 Å². The van der Waals surface area contributed by atoms with Crippen molar-refractivity contribution in [2.45, 2.75) is 529 Å². The largest absolute Gasteiger partial charge is 0.394 e. The highest BCUT2D eigenvalue weighted by molar-refractivity contribution is 5.76. The summed E-state index contributed by atoms with van der Waals surface area (Å²) in [7, 11) is 0. The number of allylic oxidation sites excluding steroid dienone is 7. The molecule has 3 aliphatic rings. The molecule has 0 saturated carbocycles. The molecule has 3 fully saturated rings. The van der Waals surface area contributed by atoms with Gasteiger partial charge in [0.1, 0.15) is 73.2 Å². The molecule has 3 heterocycles. The van der Waals surface area contributed by atoms with Gasteiger partial charge < -0.3 is 89.9 Å². The van der Waals surface area contributed by atoms with E-state index >= 15 is 0 Å². The first-order chi connectivity index (χ1) is 56.3. The summed E-state index contributed by atoms with van der Waals surface area (Å²) in [5.41, 5.74) is 0. The number of carbonyl (C=O) groups is 1. The van der Waals surface area contributed by atoms with Crippen molar-refractivity contribution in [1.29, 1.82) is 0 Å². The molecule has 19 heteroatoms. The minimum absolute atomic E-state index is 0.236. The minimum atomic E-state index is -1.98. The molecule has 115 heavy (non-hydrogen) atoms. The number of aliphatic hydroxyl groups excluding tert-OH is 11. The van der Waals surface area contributed by atoms with Crippen molar-refractivity contribution in [2.75, 3.05) is 26.4 Å². The molecule has 19 nitrogen and oxygen atoms in total. The van der Waals surface area contributed by atoms with E-state index in [1.54, 1.807) is 6.08 Å². The highest BCUT2D eigenvalue weighted by Crippen LogP contribution is 2.34. The Balaban J connectivity index is 1.29. The zero-order valence-electron chi connectivity index (χ0n) is 73.3. The van der Waals surface area contributed by atoms with Gasteiger partial charge in [-0.15, -0.1) is 0 Å². The molecule has 0 radical (unpaired) electrons. The average molecular weight is 1640 g/mol. The van der Waals surface area contributed by atoms with Crippen LogP contribution in [0.3, 0.4) is 0 Å². The average Bonchev–Trinajstić information content (AvgIpc) is 0.778. The molecule has 1 amide bonds. The van der Waals surface area contributed by atoms with Crippen LogP contribution in [-0.4, -0.2) is 193 Å². The van der Waals surface area contributed by atoms with E-state index in [-0.39, 0.29) is 18.9 Å². The van der Waals surface area contributed by atoms with E-state index in [1.165, 1.54) is 347 Å². The fourth-order valence-electron chi connectivity index (χ4n) is 16.4. The lowest BCUT2D eigenvalue weighted by Gasteiger charge is -2.48. The first-order valence-corrected chi connectivity index (χ1v) is 48.4. The quantitative estimate of drug-likeness (QED) is 0.0199. The van der Waals surface area contributed by atoms with E-state index in [9.17, 15) is 61.0 Å². The van der Waals surface area contributed by atoms with Gasteiger partial charge in [0.15, 0.2) is 18.9 Å². The molecule has 0 aromatic rings. The van der Waals surface area contributed by atoms with Crippen LogP contribution in [0.15, 0.2) is 48.6 Å². The number of rotatable bonds is 80. The summed E-state index contributed by atoms with van der Waals surface area (Å²) in [5.74, 6) is -0.281. The molecule has 0 spiro atoms. The van der Waals surface area contributed by atoms with Gasteiger partial charge in [-0.25, -0.2) is 0 Å². The van der Waals surface area contributed by atoms with E-state index in [4.69, 9.17) is 28.4 Å². The normalized spacial score (nSPS) is 24.8. The highest BCUT2D eigenvalue weighted by Gasteiger charge is 2.54. The molecule has 676 valence electrons. The van der Waals surface area contributed by atoms with Crippen molar-refractivity contribution in [2.24, 2.45) is 0 Å². The van der Waals surface area contributed by atoms with Crippen LogP contribution < -0.4 is 5.32 Å². The van der Waals surface area contributed by atoms with Crippen molar-refractivity contribution in [3.8, 4) is 0 Å². The lowest BCUT2D eigenvalue weighted by molar-refractivity contribution is -0.379. The number of hydrogen-bond donors (Lipinski definition) is 12. The molecule has 0 bridgehead atoms.